The molecule has 0 spiro atoms. The van der Waals surface area contributed by atoms with Crippen molar-refractivity contribution in [2.75, 3.05) is 11.5 Å². The van der Waals surface area contributed by atoms with E-state index in [4.69, 9.17) is 10.6 Å². The zero-order valence-corrected chi connectivity index (χ0v) is 22.9. The average molecular weight is 605 g/mol. The van der Waals surface area contributed by atoms with Crippen molar-refractivity contribution >= 4 is 63.2 Å². The van der Waals surface area contributed by atoms with Crippen molar-refractivity contribution in [1.82, 2.24) is 29.9 Å². The number of carboxylic acid groups (broad SMARTS) is 2. The van der Waals surface area contributed by atoms with Crippen LogP contribution in [0.4, 0.5) is 5.13 Å². The summed E-state index contributed by atoms with van der Waals surface area (Å²) < 4.78 is 2.86. The minimum atomic E-state index is -1.78. The van der Waals surface area contributed by atoms with Crippen LogP contribution in [0.15, 0.2) is 45.2 Å². The number of amides is 2. The van der Waals surface area contributed by atoms with E-state index in [0.29, 0.717) is 11.1 Å². The SMILES string of the molecule is CC(C)(O/N=C(\C(=O)NC1C(=O)N2C(C(=O)O)=C(C[n+]3cc4cc(=O)[nH]n4cn3)CSC12)c1csc(N)n1)C(=O)O. The summed E-state index contributed by atoms with van der Waals surface area (Å²) in [7, 11) is 0. The fourth-order valence-electron chi connectivity index (χ4n) is 4.01. The number of thiazole rings is 1. The lowest BCUT2D eigenvalue weighted by Crippen LogP contribution is -2.71. The first-order valence-corrected chi connectivity index (χ1v) is 13.7. The average Bonchev–Trinajstić information content (AvgIpc) is 3.50. The highest BCUT2D eigenvalue weighted by Crippen LogP contribution is 2.40. The lowest BCUT2D eigenvalue weighted by molar-refractivity contribution is -0.746. The van der Waals surface area contributed by atoms with Gasteiger partial charge < -0.3 is 26.1 Å². The number of hydrogen-bond acceptors (Lipinski definition) is 12. The van der Waals surface area contributed by atoms with Crippen molar-refractivity contribution in [3.63, 3.8) is 0 Å². The van der Waals surface area contributed by atoms with Gasteiger partial charge in [0.1, 0.15) is 28.3 Å². The molecule has 214 valence electrons. The van der Waals surface area contributed by atoms with Crippen molar-refractivity contribution < 1.29 is 38.9 Å². The molecule has 2 atom stereocenters. The molecule has 0 saturated carbocycles. The maximum absolute atomic E-state index is 13.2. The molecule has 5 rings (SSSR count). The number of aliphatic carboxylic acids is 2. The molecule has 17 nitrogen and oxygen atoms in total. The molecule has 2 aliphatic heterocycles. The number of fused-ring (bicyclic) bond motifs is 2. The summed E-state index contributed by atoms with van der Waals surface area (Å²) in [5, 5.41) is 33.0. The number of carbonyl (C=O) groups excluding carboxylic acids is 2. The van der Waals surface area contributed by atoms with Crippen LogP contribution in [0.1, 0.15) is 19.5 Å². The lowest BCUT2D eigenvalue weighted by atomic mass is 10.0. The molecule has 19 heteroatoms. The molecule has 41 heavy (non-hydrogen) atoms. The minimum Gasteiger partial charge on any atom is -0.478 e. The van der Waals surface area contributed by atoms with Gasteiger partial charge in [-0.25, -0.2) is 19.1 Å². The highest BCUT2D eigenvalue weighted by atomic mass is 32.2. The second-order valence-corrected chi connectivity index (χ2v) is 11.4. The van der Waals surface area contributed by atoms with Crippen molar-refractivity contribution in [2.45, 2.75) is 37.4 Å². The zero-order chi connectivity index (χ0) is 29.6. The van der Waals surface area contributed by atoms with Gasteiger partial charge in [0, 0.05) is 27.9 Å². The molecule has 2 amide bonds. The molecule has 6 N–H and O–H groups in total. The summed E-state index contributed by atoms with van der Waals surface area (Å²) in [4.78, 5) is 71.7. The van der Waals surface area contributed by atoms with Gasteiger partial charge in [-0.05, 0) is 13.8 Å². The molecular weight excluding hydrogens is 582 g/mol. The highest BCUT2D eigenvalue weighted by molar-refractivity contribution is 8.00. The van der Waals surface area contributed by atoms with Crippen molar-refractivity contribution in [2.24, 2.45) is 5.16 Å². The standard InChI is InChI=1S/C22H21N9O8S2/c1-22(2,20(37)38)39-28-13(11-7-41-21(23)25-11)16(33)26-14-17(34)31-15(19(35)36)9(6-40-18(14)31)4-29-5-10-3-12(32)27-30(10)8-24-29/h3,5,7-8,14,18H,4,6H2,1-2H3,(H5-,23,25,26,27,32,33,35,36,37,38)/p+1/b28-13-. The van der Waals surface area contributed by atoms with Gasteiger partial charge in [-0.2, -0.15) is 0 Å². The van der Waals surface area contributed by atoms with Crippen LogP contribution < -0.4 is 21.3 Å². The number of carboxylic acids is 2. The molecular formula is C22H22N9O8S2+. The normalized spacial score (nSPS) is 19.1. The summed E-state index contributed by atoms with van der Waals surface area (Å²) in [6, 6.07) is 0.249. The number of H-pyrrole nitrogens is 1. The van der Waals surface area contributed by atoms with Crippen LogP contribution in [-0.4, -0.2) is 87.0 Å². The van der Waals surface area contributed by atoms with Gasteiger partial charge in [0.15, 0.2) is 23.7 Å². The summed E-state index contributed by atoms with van der Waals surface area (Å²) >= 11 is 2.25. The van der Waals surface area contributed by atoms with Crippen LogP contribution in [0.3, 0.4) is 0 Å². The number of nitrogen functional groups attached to an aromatic ring is 1. The Bertz CT molecular complexity index is 1720. The van der Waals surface area contributed by atoms with E-state index >= 15 is 0 Å². The summed E-state index contributed by atoms with van der Waals surface area (Å²) in [5.41, 5.74) is 3.87. The molecule has 0 aliphatic carbocycles. The predicted molar refractivity (Wildman–Crippen MR) is 142 cm³/mol. The number of rotatable bonds is 9. The Labute approximate surface area is 237 Å². The molecule has 2 aliphatic rings. The van der Waals surface area contributed by atoms with E-state index in [1.54, 1.807) is 6.20 Å². The first kappa shape index (κ1) is 27.8. The molecule has 3 aromatic rings. The number of thioether (sulfide) groups is 1. The number of aromatic nitrogens is 5. The van der Waals surface area contributed by atoms with Crippen LogP contribution in [0.2, 0.25) is 0 Å². The second kappa shape index (κ2) is 10.3. The monoisotopic (exact) mass is 604 g/mol. The number of aromatic amines is 1. The lowest BCUT2D eigenvalue weighted by Gasteiger charge is -2.49. The number of nitrogens with one attached hydrogen (secondary N) is 2. The summed E-state index contributed by atoms with van der Waals surface area (Å²) in [5.74, 6) is -4.01. The number of nitrogens with two attached hydrogens (primary N) is 1. The maximum atomic E-state index is 13.2. The molecule has 3 aromatic heterocycles. The van der Waals surface area contributed by atoms with Crippen LogP contribution in [0, 0.1) is 0 Å². The van der Waals surface area contributed by atoms with E-state index in [-0.39, 0.29) is 34.4 Å². The first-order chi connectivity index (χ1) is 19.4. The Morgan fingerprint density at radius 2 is 2.10 bits per heavy atom. The first-order valence-electron chi connectivity index (χ1n) is 11.7. The van der Waals surface area contributed by atoms with E-state index in [2.05, 4.69) is 25.7 Å². The largest absolute Gasteiger partial charge is 0.478 e. The number of carbonyl (C=O) groups is 4. The molecule has 1 saturated heterocycles. The Hall–Kier alpha value is -4.78. The third-order valence-corrected chi connectivity index (χ3v) is 8.15. The third-order valence-electron chi connectivity index (χ3n) is 6.13. The molecule has 0 radical (unpaired) electrons. The fourth-order valence-corrected chi connectivity index (χ4v) is 5.90. The van der Waals surface area contributed by atoms with Crippen molar-refractivity contribution in [1.29, 1.82) is 0 Å². The van der Waals surface area contributed by atoms with Crippen LogP contribution >= 0.6 is 23.1 Å². The van der Waals surface area contributed by atoms with Gasteiger partial charge in [0.2, 0.25) is 11.8 Å². The Morgan fingerprint density at radius 1 is 1.34 bits per heavy atom. The predicted octanol–water partition coefficient (Wildman–Crippen LogP) is -1.63. The van der Waals surface area contributed by atoms with E-state index in [0.717, 1.165) is 16.2 Å². The van der Waals surface area contributed by atoms with E-state index in [1.807, 2.05) is 0 Å². The number of oxime groups is 1. The molecule has 0 aromatic carbocycles. The van der Waals surface area contributed by atoms with Crippen molar-refractivity contribution in [3.8, 4) is 0 Å². The van der Waals surface area contributed by atoms with E-state index < -0.39 is 46.5 Å². The van der Waals surface area contributed by atoms with Crippen LogP contribution in [0.5, 0.6) is 0 Å². The van der Waals surface area contributed by atoms with Gasteiger partial charge in [-0.3, -0.25) is 24.4 Å². The smallest absolute Gasteiger partial charge is 0.352 e. The fraction of sp³-hybridized carbons (Fsp3) is 0.318. The maximum Gasteiger partial charge on any atom is 0.352 e. The zero-order valence-electron chi connectivity index (χ0n) is 21.3. The van der Waals surface area contributed by atoms with Gasteiger partial charge in [-0.1, -0.05) is 9.84 Å². The molecule has 2 unspecified atom stereocenters. The number of hydrogen-bond donors (Lipinski definition) is 5. The number of nitrogens with zero attached hydrogens (tertiary/aromatic N) is 6. The summed E-state index contributed by atoms with van der Waals surface area (Å²) in [6.45, 7) is 2.51. The number of anilines is 1. The van der Waals surface area contributed by atoms with Gasteiger partial charge in [-0.15, -0.1) is 23.1 Å². The number of β-lactam (4-membered cyclic amide) rings is 1. The van der Waals surface area contributed by atoms with Gasteiger partial charge in [0.25, 0.3) is 17.4 Å². The quantitative estimate of drug-likeness (QED) is 0.0801. The third kappa shape index (κ3) is 5.23. The highest BCUT2D eigenvalue weighted by Gasteiger charge is 2.55. The minimum absolute atomic E-state index is 0.00528. The van der Waals surface area contributed by atoms with Gasteiger partial charge in [0.05, 0.1) is 0 Å². The Morgan fingerprint density at radius 3 is 2.76 bits per heavy atom. The summed E-state index contributed by atoms with van der Waals surface area (Å²) in [6.07, 6.45) is 2.93. The molecule has 0 bridgehead atoms. The molecule has 1 fully saturated rings. The Kier molecular flexibility index (Phi) is 6.99. The van der Waals surface area contributed by atoms with Crippen LogP contribution in [0.25, 0.3) is 5.52 Å². The topological polar surface area (TPSA) is 239 Å². The van der Waals surface area contributed by atoms with Gasteiger partial charge >= 0.3 is 11.9 Å². The second-order valence-electron chi connectivity index (χ2n) is 9.41. The van der Waals surface area contributed by atoms with E-state index in [9.17, 15) is 34.2 Å². The van der Waals surface area contributed by atoms with Crippen molar-refractivity contribution in [3.05, 3.63) is 51.3 Å². The van der Waals surface area contributed by atoms with E-state index in [1.165, 1.54) is 52.6 Å². The van der Waals surface area contributed by atoms with Crippen LogP contribution in [-0.2, 0) is 30.6 Å². The molecule has 5 heterocycles. The Balaban J connectivity index is 1.37.